The van der Waals surface area contributed by atoms with Crippen LogP contribution in [0.3, 0.4) is 0 Å². The summed E-state index contributed by atoms with van der Waals surface area (Å²) >= 11 is 0. The number of pyridine rings is 1. The molecule has 0 spiro atoms. The summed E-state index contributed by atoms with van der Waals surface area (Å²) in [6.45, 7) is 0.318. The van der Waals surface area contributed by atoms with Gasteiger partial charge in [0.2, 0.25) is 11.8 Å². The van der Waals surface area contributed by atoms with E-state index >= 15 is 0 Å². The first kappa shape index (κ1) is 34.1. The van der Waals surface area contributed by atoms with Crippen molar-refractivity contribution in [2.24, 2.45) is 0 Å². The van der Waals surface area contributed by atoms with Gasteiger partial charge in [-0.15, -0.1) is 5.10 Å². The van der Waals surface area contributed by atoms with Crippen molar-refractivity contribution >= 4 is 36.6 Å². The maximum absolute atomic E-state index is 14.0. The summed E-state index contributed by atoms with van der Waals surface area (Å²) in [7, 11) is -0.344. The molecule has 0 radical (unpaired) electrons. The molecule has 0 saturated heterocycles. The Kier molecular flexibility index (Phi) is 10.5. The number of benzene rings is 1. The molecular weight excluding hydrogens is 636 g/mol. The molecule has 0 fully saturated rings. The molecule has 19 heteroatoms. The SMILES string of the molecule is CNC(=O)c1nc(-c2cn(CCCO)nc2OC)ccc1Nc1nc(Nc2ccc(CP(=O)(O)O)cc2OC)ncc1C(F)(F)F. The van der Waals surface area contributed by atoms with E-state index in [9.17, 15) is 32.3 Å². The van der Waals surface area contributed by atoms with Crippen molar-refractivity contribution in [2.75, 3.05) is 38.5 Å². The van der Waals surface area contributed by atoms with E-state index in [1.54, 1.807) is 6.20 Å². The van der Waals surface area contributed by atoms with Gasteiger partial charge in [0.05, 0.1) is 43.0 Å². The molecule has 0 aliphatic heterocycles. The van der Waals surface area contributed by atoms with E-state index in [2.05, 4.69) is 36.0 Å². The summed E-state index contributed by atoms with van der Waals surface area (Å²) in [6, 6.07) is 6.99. The third-order valence-corrected chi connectivity index (χ3v) is 7.11. The number of carbonyl (C=O) groups excluding carboxylic acids is 1. The predicted octanol–water partition coefficient (Wildman–Crippen LogP) is 3.68. The summed E-state index contributed by atoms with van der Waals surface area (Å²) in [5.74, 6) is -1.39. The van der Waals surface area contributed by atoms with Crippen LogP contribution >= 0.6 is 7.60 Å². The van der Waals surface area contributed by atoms with Gasteiger partial charge >= 0.3 is 13.8 Å². The van der Waals surface area contributed by atoms with Crippen LogP contribution in [0.15, 0.2) is 42.7 Å². The van der Waals surface area contributed by atoms with Crippen molar-refractivity contribution in [2.45, 2.75) is 25.3 Å². The van der Waals surface area contributed by atoms with Crippen LogP contribution in [0, 0.1) is 0 Å². The number of carbonyl (C=O) groups is 1. The van der Waals surface area contributed by atoms with Crippen molar-refractivity contribution in [3.05, 3.63) is 59.5 Å². The molecular formula is C27H30F3N8O7P. The van der Waals surface area contributed by atoms with Gasteiger partial charge in [-0.25, -0.2) is 9.97 Å². The molecule has 15 nitrogen and oxygen atoms in total. The van der Waals surface area contributed by atoms with E-state index in [4.69, 9.17) is 14.6 Å². The largest absolute Gasteiger partial charge is 0.495 e. The van der Waals surface area contributed by atoms with Crippen LogP contribution in [-0.2, 0) is 23.4 Å². The zero-order valence-electron chi connectivity index (χ0n) is 24.7. The highest BCUT2D eigenvalue weighted by atomic mass is 31.2. The highest BCUT2D eigenvalue weighted by Gasteiger charge is 2.36. The summed E-state index contributed by atoms with van der Waals surface area (Å²) in [5, 5.41) is 21.1. The van der Waals surface area contributed by atoms with Gasteiger partial charge in [-0.2, -0.15) is 18.2 Å². The quantitative estimate of drug-likeness (QED) is 0.113. The molecule has 3 heterocycles. The lowest BCUT2D eigenvalue weighted by Gasteiger charge is -2.17. The Morgan fingerprint density at radius 3 is 2.43 bits per heavy atom. The Morgan fingerprint density at radius 2 is 1.80 bits per heavy atom. The Bertz CT molecular complexity index is 1760. The minimum atomic E-state index is -4.89. The van der Waals surface area contributed by atoms with Crippen LogP contribution in [0.2, 0.25) is 0 Å². The van der Waals surface area contributed by atoms with Gasteiger partial charge in [0.15, 0.2) is 5.69 Å². The number of alkyl halides is 3. The van der Waals surface area contributed by atoms with Crippen LogP contribution in [0.25, 0.3) is 11.3 Å². The number of anilines is 4. The number of methoxy groups -OCH3 is 2. The lowest BCUT2D eigenvalue weighted by Crippen LogP contribution is -2.21. The van der Waals surface area contributed by atoms with Gasteiger partial charge in [0.25, 0.3) is 5.91 Å². The second kappa shape index (κ2) is 14.1. The van der Waals surface area contributed by atoms with E-state index in [0.29, 0.717) is 24.7 Å². The molecule has 0 atom stereocenters. The summed E-state index contributed by atoms with van der Waals surface area (Å²) in [5.41, 5.74) is -0.486. The molecule has 246 valence electrons. The number of ether oxygens (including phenoxy) is 2. The normalized spacial score (nSPS) is 11.7. The molecule has 4 rings (SSSR count). The molecule has 0 saturated carbocycles. The molecule has 0 aliphatic carbocycles. The topological polar surface area (TPSA) is 206 Å². The second-order valence-electron chi connectivity index (χ2n) is 9.63. The Labute approximate surface area is 260 Å². The first-order valence-electron chi connectivity index (χ1n) is 13.4. The summed E-state index contributed by atoms with van der Waals surface area (Å²) in [6.07, 6.45) is -2.85. The van der Waals surface area contributed by atoms with Crippen molar-refractivity contribution in [3.8, 4) is 22.9 Å². The van der Waals surface area contributed by atoms with Gasteiger partial charge in [-0.05, 0) is 36.2 Å². The number of aryl methyl sites for hydroxylation is 1. The highest BCUT2D eigenvalue weighted by Crippen LogP contribution is 2.41. The minimum Gasteiger partial charge on any atom is -0.495 e. The van der Waals surface area contributed by atoms with Crippen molar-refractivity contribution < 1.29 is 46.9 Å². The van der Waals surface area contributed by atoms with Gasteiger partial charge in [-0.1, -0.05) is 6.07 Å². The minimum absolute atomic E-state index is 0.0592. The number of halogens is 3. The predicted molar refractivity (Wildman–Crippen MR) is 159 cm³/mol. The van der Waals surface area contributed by atoms with Gasteiger partial charge in [0, 0.05) is 32.6 Å². The first-order chi connectivity index (χ1) is 21.8. The number of amides is 1. The van der Waals surface area contributed by atoms with Crippen LogP contribution in [-0.4, -0.2) is 73.4 Å². The Balaban J connectivity index is 1.73. The maximum Gasteiger partial charge on any atom is 0.421 e. The fourth-order valence-corrected chi connectivity index (χ4v) is 4.92. The number of rotatable bonds is 13. The van der Waals surface area contributed by atoms with Crippen LogP contribution in [0.1, 0.15) is 28.0 Å². The molecule has 4 aromatic rings. The average molecular weight is 667 g/mol. The average Bonchev–Trinajstić information content (AvgIpc) is 3.42. The number of hydrogen-bond acceptors (Lipinski definition) is 11. The van der Waals surface area contributed by atoms with E-state index in [1.807, 2.05) is 0 Å². The number of aromatic nitrogens is 5. The van der Waals surface area contributed by atoms with Crippen molar-refractivity contribution in [3.63, 3.8) is 0 Å². The number of aliphatic hydroxyl groups is 1. The van der Waals surface area contributed by atoms with E-state index in [0.717, 1.165) is 0 Å². The highest BCUT2D eigenvalue weighted by molar-refractivity contribution is 7.50. The number of aliphatic hydroxyl groups excluding tert-OH is 1. The monoisotopic (exact) mass is 666 g/mol. The zero-order valence-corrected chi connectivity index (χ0v) is 25.6. The second-order valence-corrected chi connectivity index (χ2v) is 11.3. The number of nitrogens with zero attached hydrogens (tertiary/aromatic N) is 5. The standard InChI is InChI=1S/C27H30F3N8O7P/c1-31-24(40)22-20(8-7-18(33-22)16-13-38(9-4-10-39)37-25(16)45-3)34-23-17(27(28,29)30)12-32-26(36-23)35-19-6-5-15(11-21(19)44-2)14-46(41,42)43/h5-8,11-13,39H,4,9-10,14H2,1-3H3,(H,31,40)(H2,41,42,43)(H2,32,34,35,36). The third kappa shape index (κ3) is 8.28. The molecule has 3 aromatic heterocycles. The first-order valence-corrected chi connectivity index (χ1v) is 15.2. The summed E-state index contributed by atoms with van der Waals surface area (Å²) in [4.78, 5) is 43.6. The fourth-order valence-electron chi connectivity index (χ4n) is 4.25. The van der Waals surface area contributed by atoms with Crippen molar-refractivity contribution in [1.29, 1.82) is 0 Å². The van der Waals surface area contributed by atoms with Crippen molar-refractivity contribution in [1.82, 2.24) is 30.0 Å². The Morgan fingerprint density at radius 1 is 1.07 bits per heavy atom. The third-order valence-electron chi connectivity index (χ3n) is 6.33. The van der Waals surface area contributed by atoms with Gasteiger partial charge in [0.1, 0.15) is 17.1 Å². The lowest BCUT2D eigenvalue weighted by atomic mass is 10.1. The molecule has 1 amide bonds. The van der Waals surface area contributed by atoms with Gasteiger partial charge in [-0.3, -0.25) is 14.0 Å². The number of nitrogens with one attached hydrogen (secondary N) is 3. The molecule has 46 heavy (non-hydrogen) atoms. The van der Waals surface area contributed by atoms with Crippen LogP contribution in [0.5, 0.6) is 11.6 Å². The fraction of sp³-hybridized carbons (Fsp3) is 0.296. The molecule has 0 unspecified atom stereocenters. The van der Waals surface area contributed by atoms with Crippen LogP contribution < -0.4 is 25.4 Å². The zero-order chi connectivity index (χ0) is 33.6. The maximum atomic E-state index is 14.0. The molecule has 0 aliphatic rings. The number of hydrogen-bond donors (Lipinski definition) is 6. The van der Waals surface area contributed by atoms with E-state index < -0.39 is 37.2 Å². The van der Waals surface area contributed by atoms with E-state index in [-0.39, 0.29) is 52.5 Å². The molecule has 1 aromatic carbocycles. The smallest absolute Gasteiger partial charge is 0.421 e. The van der Waals surface area contributed by atoms with E-state index in [1.165, 1.54) is 56.3 Å². The summed E-state index contributed by atoms with van der Waals surface area (Å²) < 4.78 is 65.6. The van der Waals surface area contributed by atoms with Crippen LogP contribution in [0.4, 0.5) is 36.3 Å². The molecule has 0 bridgehead atoms. The van der Waals surface area contributed by atoms with Gasteiger partial charge < -0.3 is 40.3 Å². The lowest BCUT2D eigenvalue weighted by molar-refractivity contribution is -0.137. The Hall–Kier alpha value is -4.77. The molecule has 6 N–H and O–H groups in total.